The summed E-state index contributed by atoms with van der Waals surface area (Å²) >= 11 is 0. The van der Waals surface area contributed by atoms with Crippen LogP contribution in [0.15, 0.2) is 213 Å². The zero-order chi connectivity index (χ0) is 38.2. The highest BCUT2D eigenvalue weighted by Gasteiger charge is 2.20. The molecule has 12 rings (SSSR count). The van der Waals surface area contributed by atoms with Crippen molar-refractivity contribution in [2.45, 2.75) is 0 Å². The maximum absolute atomic E-state index is 6.50. The molecule has 0 N–H and O–H groups in total. The summed E-state index contributed by atoms with van der Waals surface area (Å²) in [7, 11) is 0. The van der Waals surface area contributed by atoms with E-state index in [2.05, 4.69) is 169 Å². The molecule has 0 aliphatic carbocycles. The molecule has 9 aromatic carbocycles. The summed E-state index contributed by atoms with van der Waals surface area (Å²) in [4.78, 5) is 2.35. The van der Waals surface area contributed by atoms with Gasteiger partial charge in [0.1, 0.15) is 33.5 Å². The molecule has 4 heteroatoms. The molecule has 58 heavy (non-hydrogen) atoms. The Morgan fingerprint density at radius 2 is 0.828 bits per heavy atom. The van der Waals surface area contributed by atoms with Gasteiger partial charge in [0.05, 0.1) is 5.69 Å². The summed E-state index contributed by atoms with van der Waals surface area (Å²) in [5.41, 5.74) is 15.1. The lowest BCUT2D eigenvalue weighted by molar-refractivity contribution is 0.663. The van der Waals surface area contributed by atoms with Gasteiger partial charge in [0, 0.05) is 54.8 Å². The first-order chi connectivity index (χ1) is 28.7. The molecule has 0 aliphatic rings. The van der Waals surface area contributed by atoms with Gasteiger partial charge < -0.3 is 18.2 Å². The number of hydrogen-bond acceptors (Lipinski definition) is 4. The standard InChI is InChI=1S/C54H33NO3/c1-2-11-35(12-3-1)40-13-4-7-18-46(40)55(39-28-23-36(24-29-39)41-16-10-17-43-42-14-5-8-19-47(42)58-54(41)43)38-26-21-34(22-27-38)37-25-30-45-51(33-37)57-50-32-31-49-52(53(45)50)44-15-6-9-20-48(44)56-49/h1-33H. The van der Waals surface area contributed by atoms with Crippen molar-refractivity contribution in [3.05, 3.63) is 200 Å². The zero-order valence-corrected chi connectivity index (χ0v) is 31.2. The molecule has 0 bridgehead atoms. The molecular formula is C54H33NO3. The Bertz CT molecular complexity index is 3500. The van der Waals surface area contributed by atoms with E-state index in [0.29, 0.717) is 0 Å². The maximum atomic E-state index is 6.50. The van der Waals surface area contributed by atoms with E-state index < -0.39 is 0 Å². The van der Waals surface area contributed by atoms with Gasteiger partial charge in [0.15, 0.2) is 0 Å². The Morgan fingerprint density at radius 3 is 1.59 bits per heavy atom. The molecule has 0 radical (unpaired) electrons. The zero-order valence-electron chi connectivity index (χ0n) is 31.2. The predicted octanol–water partition coefficient (Wildman–Crippen LogP) is 15.9. The second-order valence-electron chi connectivity index (χ2n) is 14.8. The second kappa shape index (κ2) is 12.9. The van der Waals surface area contributed by atoms with Gasteiger partial charge in [-0.15, -0.1) is 0 Å². The van der Waals surface area contributed by atoms with Crippen LogP contribution < -0.4 is 4.90 Å². The quantitative estimate of drug-likeness (QED) is 0.170. The highest BCUT2D eigenvalue weighted by Crippen LogP contribution is 2.44. The Balaban J connectivity index is 0.954. The highest BCUT2D eigenvalue weighted by molar-refractivity contribution is 6.26. The third kappa shape index (κ3) is 5.09. The van der Waals surface area contributed by atoms with Gasteiger partial charge in [-0.05, 0) is 89.0 Å². The molecule has 0 spiro atoms. The molecule has 3 heterocycles. The van der Waals surface area contributed by atoms with Crippen LogP contribution in [0.4, 0.5) is 17.1 Å². The van der Waals surface area contributed by atoms with Gasteiger partial charge >= 0.3 is 0 Å². The Labute approximate surface area is 333 Å². The summed E-state index contributed by atoms with van der Waals surface area (Å²) in [6.07, 6.45) is 0. The lowest BCUT2D eigenvalue weighted by atomic mass is 9.99. The van der Waals surface area contributed by atoms with Crippen LogP contribution in [0.1, 0.15) is 0 Å². The third-order valence-corrected chi connectivity index (χ3v) is 11.5. The molecule has 0 amide bonds. The number of nitrogens with zero attached hydrogens (tertiary/aromatic N) is 1. The smallest absolute Gasteiger partial charge is 0.143 e. The van der Waals surface area contributed by atoms with Crippen molar-refractivity contribution in [2.24, 2.45) is 0 Å². The largest absolute Gasteiger partial charge is 0.456 e. The Kier molecular flexibility index (Phi) is 7.20. The first-order valence-corrected chi connectivity index (χ1v) is 19.6. The van der Waals surface area contributed by atoms with Gasteiger partial charge in [-0.25, -0.2) is 0 Å². The number of para-hydroxylation sites is 4. The summed E-state index contributed by atoms with van der Waals surface area (Å²) in [6.45, 7) is 0. The van der Waals surface area contributed by atoms with Gasteiger partial charge in [0.2, 0.25) is 0 Å². The van der Waals surface area contributed by atoms with E-state index in [1.54, 1.807) is 0 Å². The normalized spacial score (nSPS) is 11.8. The van der Waals surface area contributed by atoms with Crippen LogP contribution in [-0.2, 0) is 0 Å². The molecule has 4 nitrogen and oxygen atoms in total. The number of anilines is 3. The minimum atomic E-state index is 0.853. The van der Waals surface area contributed by atoms with Crippen molar-refractivity contribution in [1.82, 2.24) is 0 Å². The van der Waals surface area contributed by atoms with Crippen molar-refractivity contribution >= 4 is 82.9 Å². The minimum absolute atomic E-state index is 0.853. The van der Waals surface area contributed by atoms with Crippen molar-refractivity contribution in [1.29, 1.82) is 0 Å². The lowest BCUT2D eigenvalue weighted by Gasteiger charge is -2.28. The fourth-order valence-corrected chi connectivity index (χ4v) is 8.79. The average molecular weight is 744 g/mol. The van der Waals surface area contributed by atoms with Crippen LogP contribution in [0.2, 0.25) is 0 Å². The van der Waals surface area contributed by atoms with Crippen molar-refractivity contribution in [3.8, 4) is 33.4 Å². The SMILES string of the molecule is c1ccc(-c2ccccc2N(c2ccc(-c3ccc4c(c3)oc3ccc5oc6ccccc6c5c34)cc2)c2ccc(-c3cccc4c3oc3ccccc34)cc2)cc1. The molecule has 0 fully saturated rings. The van der Waals surface area contributed by atoms with E-state index in [4.69, 9.17) is 13.3 Å². The summed E-state index contributed by atoms with van der Waals surface area (Å²) < 4.78 is 19.1. The van der Waals surface area contributed by atoms with Crippen molar-refractivity contribution in [2.75, 3.05) is 4.90 Å². The summed E-state index contributed by atoms with van der Waals surface area (Å²) in [6, 6.07) is 70.3. The lowest BCUT2D eigenvalue weighted by Crippen LogP contribution is -2.11. The molecule has 0 atom stereocenters. The Hall–Kier alpha value is -7.82. The van der Waals surface area contributed by atoms with Gasteiger partial charge in [-0.2, -0.15) is 0 Å². The molecule has 0 unspecified atom stereocenters. The fraction of sp³-hybridized carbons (Fsp3) is 0. The molecular weight excluding hydrogens is 711 g/mol. The maximum Gasteiger partial charge on any atom is 0.143 e. The van der Waals surface area contributed by atoms with Gasteiger partial charge in [-0.1, -0.05) is 133 Å². The summed E-state index contributed by atoms with van der Waals surface area (Å²) in [5, 5.41) is 6.62. The Morgan fingerprint density at radius 1 is 0.293 bits per heavy atom. The number of benzene rings is 9. The first kappa shape index (κ1) is 32.4. The van der Waals surface area contributed by atoms with E-state index in [-0.39, 0.29) is 0 Å². The predicted molar refractivity (Wildman–Crippen MR) is 239 cm³/mol. The van der Waals surface area contributed by atoms with Crippen LogP contribution in [0, 0.1) is 0 Å². The van der Waals surface area contributed by atoms with Gasteiger partial charge in [0.25, 0.3) is 0 Å². The van der Waals surface area contributed by atoms with E-state index in [0.717, 1.165) is 116 Å². The van der Waals surface area contributed by atoms with Crippen molar-refractivity contribution < 1.29 is 13.3 Å². The van der Waals surface area contributed by atoms with Crippen LogP contribution >= 0.6 is 0 Å². The van der Waals surface area contributed by atoms with E-state index in [9.17, 15) is 0 Å². The second-order valence-corrected chi connectivity index (χ2v) is 14.8. The molecule has 3 aromatic heterocycles. The molecule has 0 saturated carbocycles. The van der Waals surface area contributed by atoms with Gasteiger partial charge in [-0.3, -0.25) is 0 Å². The monoisotopic (exact) mass is 743 g/mol. The minimum Gasteiger partial charge on any atom is -0.456 e. The number of rotatable bonds is 6. The molecule has 0 saturated heterocycles. The van der Waals surface area contributed by atoms with Crippen LogP contribution in [0.25, 0.3) is 99.2 Å². The van der Waals surface area contributed by atoms with E-state index in [1.807, 2.05) is 36.4 Å². The fourth-order valence-electron chi connectivity index (χ4n) is 8.79. The topological polar surface area (TPSA) is 42.7 Å². The van der Waals surface area contributed by atoms with Crippen molar-refractivity contribution in [3.63, 3.8) is 0 Å². The number of fused-ring (bicyclic) bond motifs is 10. The summed E-state index contributed by atoms with van der Waals surface area (Å²) in [5.74, 6) is 0. The highest BCUT2D eigenvalue weighted by atomic mass is 16.3. The first-order valence-electron chi connectivity index (χ1n) is 19.6. The van der Waals surface area contributed by atoms with Crippen LogP contribution in [0.5, 0.6) is 0 Å². The third-order valence-electron chi connectivity index (χ3n) is 11.5. The molecule has 0 aliphatic heterocycles. The number of hydrogen-bond donors (Lipinski definition) is 0. The number of furan rings is 3. The van der Waals surface area contributed by atoms with E-state index in [1.165, 1.54) is 0 Å². The van der Waals surface area contributed by atoms with Crippen LogP contribution in [-0.4, -0.2) is 0 Å². The molecule has 12 aromatic rings. The van der Waals surface area contributed by atoms with Crippen LogP contribution in [0.3, 0.4) is 0 Å². The van der Waals surface area contributed by atoms with E-state index >= 15 is 0 Å². The average Bonchev–Trinajstić information content (AvgIpc) is 3.98. The molecule has 272 valence electrons.